The second-order valence-electron chi connectivity index (χ2n) is 5.64. The van der Waals surface area contributed by atoms with Crippen molar-refractivity contribution in [2.24, 2.45) is 5.41 Å². The Hall–Kier alpha value is -2.70. The van der Waals surface area contributed by atoms with Crippen LogP contribution < -0.4 is 5.32 Å². The highest BCUT2D eigenvalue weighted by molar-refractivity contribution is 5.93. The first-order chi connectivity index (χ1) is 10.3. The van der Waals surface area contributed by atoms with Gasteiger partial charge in [-0.05, 0) is 32.9 Å². The highest BCUT2D eigenvalue weighted by Crippen LogP contribution is 2.15. The van der Waals surface area contributed by atoms with Gasteiger partial charge in [0.25, 0.3) is 5.91 Å². The van der Waals surface area contributed by atoms with Gasteiger partial charge in [-0.1, -0.05) is 23.4 Å². The molecule has 0 radical (unpaired) electrons. The highest BCUT2D eigenvalue weighted by atomic mass is 16.4. The van der Waals surface area contributed by atoms with Crippen molar-refractivity contribution >= 4 is 11.9 Å². The summed E-state index contributed by atoms with van der Waals surface area (Å²) >= 11 is 0. The number of amides is 1. The van der Waals surface area contributed by atoms with Crippen LogP contribution in [0, 0.1) is 12.3 Å². The maximum Gasteiger partial charge on any atom is 0.310 e. The zero-order valence-electron chi connectivity index (χ0n) is 12.7. The SMILES string of the molecule is Cc1c(C(=O)NCC(C)(C)C(=O)O)nnn1-c1ccccc1. The van der Waals surface area contributed by atoms with E-state index in [0.717, 1.165) is 5.69 Å². The average Bonchev–Trinajstić information content (AvgIpc) is 2.87. The Morgan fingerprint density at radius 2 is 1.91 bits per heavy atom. The second kappa shape index (κ2) is 5.97. The maximum absolute atomic E-state index is 12.2. The van der Waals surface area contributed by atoms with Crippen LogP contribution in [0.25, 0.3) is 5.69 Å². The predicted molar refractivity (Wildman–Crippen MR) is 79.8 cm³/mol. The number of benzene rings is 1. The topological polar surface area (TPSA) is 97.1 Å². The lowest BCUT2D eigenvalue weighted by Crippen LogP contribution is -2.39. The minimum atomic E-state index is -1.04. The number of carboxylic acid groups (broad SMARTS) is 1. The highest BCUT2D eigenvalue weighted by Gasteiger charge is 2.28. The van der Waals surface area contributed by atoms with Gasteiger partial charge in [0.1, 0.15) is 0 Å². The number of aromatic nitrogens is 3. The Kier molecular flexibility index (Phi) is 4.25. The van der Waals surface area contributed by atoms with Crippen LogP contribution in [0.2, 0.25) is 0 Å². The number of para-hydroxylation sites is 1. The van der Waals surface area contributed by atoms with E-state index in [1.54, 1.807) is 25.5 Å². The second-order valence-corrected chi connectivity index (χ2v) is 5.64. The molecular formula is C15H18N4O3. The van der Waals surface area contributed by atoms with Gasteiger partial charge in [0.2, 0.25) is 0 Å². The minimum Gasteiger partial charge on any atom is -0.481 e. The molecule has 1 heterocycles. The van der Waals surface area contributed by atoms with E-state index in [0.29, 0.717) is 5.69 Å². The molecule has 0 aliphatic heterocycles. The van der Waals surface area contributed by atoms with Crippen molar-refractivity contribution in [2.75, 3.05) is 6.54 Å². The van der Waals surface area contributed by atoms with Crippen molar-refractivity contribution in [3.05, 3.63) is 41.7 Å². The van der Waals surface area contributed by atoms with Gasteiger partial charge in [-0.25, -0.2) is 4.68 Å². The number of rotatable bonds is 5. The molecule has 0 spiro atoms. The Bertz CT molecular complexity index is 692. The number of nitrogens with zero attached hydrogens (tertiary/aromatic N) is 3. The summed E-state index contributed by atoms with van der Waals surface area (Å²) in [6.45, 7) is 4.84. The van der Waals surface area contributed by atoms with Crippen molar-refractivity contribution in [2.45, 2.75) is 20.8 Å². The van der Waals surface area contributed by atoms with Crippen LogP contribution in [0.1, 0.15) is 30.0 Å². The van der Waals surface area contributed by atoms with Crippen LogP contribution in [0.4, 0.5) is 0 Å². The molecule has 7 heteroatoms. The molecule has 22 heavy (non-hydrogen) atoms. The molecular weight excluding hydrogens is 284 g/mol. The molecule has 0 saturated carbocycles. The summed E-state index contributed by atoms with van der Waals surface area (Å²) in [5.74, 6) is -1.41. The first-order valence-electron chi connectivity index (χ1n) is 6.82. The zero-order chi connectivity index (χ0) is 16.3. The zero-order valence-corrected chi connectivity index (χ0v) is 12.7. The first-order valence-corrected chi connectivity index (χ1v) is 6.82. The fourth-order valence-electron chi connectivity index (χ4n) is 1.81. The van der Waals surface area contributed by atoms with E-state index in [1.807, 2.05) is 30.3 Å². The van der Waals surface area contributed by atoms with Gasteiger partial charge in [-0.15, -0.1) is 5.10 Å². The summed E-state index contributed by atoms with van der Waals surface area (Å²) in [5.41, 5.74) is 0.540. The lowest BCUT2D eigenvalue weighted by Gasteiger charge is -2.19. The molecule has 1 amide bonds. The average molecular weight is 302 g/mol. The Labute approximate surface area is 128 Å². The molecule has 7 nitrogen and oxygen atoms in total. The fraction of sp³-hybridized carbons (Fsp3) is 0.333. The van der Waals surface area contributed by atoms with E-state index >= 15 is 0 Å². The van der Waals surface area contributed by atoms with Crippen LogP contribution in [-0.4, -0.2) is 38.5 Å². The summed E-state index contributed by atoms with van der Waals surface area (Å²) in [4.78, 5) is 23.2. The Morgan fingerprint density at radius 1 is 1.27 bits per heavy atom. The third-order valence-corrected chi connectivity index (χ3v) is 3.38. The van der Waals surface area contributed by atoms with Crippen molar-refractivity contribution in [1.82, 2.24) is 20.3 Å². The summed E-state index contributed by atoms with van der Waals surface area (Å²) in [5, 5.41) is 19.5. The quantitative estimate of drug-likeness (QED) is 0.870. The molecule has 2 aromatic rings. The van der Waals surface area contributed by atoms with Crippen LogP contribution in [0.3, 0.4) is 0 Å². The van der Waals surface area contributed by atoms with Crippen LogP contribution in [-0.2, 0) is 4.79 Å². The number of nitrogens with one attached hydrogen (secondary N) is 1. The van der Waals surface area contributed by atoms with E-state index in [-0.39, 0.29) is 12.2 Å². The molecule has 0 saturated heterocycles. The van der Waals surface area contributed by atoms with Crippen molar-refractivity contribution in [3.8, 4) is 5.69 Å². The standard InChI is InChI=1S/C15H18N4O3/c1-10-12(13(20)16-9-15(2,3)14(21)22)17-18-19(10)11-7-5-4-6-8-11/h4-8H,9H2,1-3H3,(H,16,20)(H,21,22). The smallest absolute Gasteiger partial charge is 0.310 e. The van der Waals surface area contributed by atoms with Crippen LogP contribution in [0.5, 0.6) is 0 Å². The molecule has 0 fully saturated rings. The number of aliphatic carboxylic acids is 1. The monoisotopic (exact) mass is 302 g/mol. The van der Waals surface area contributed by atoms with Crippen molar-refractivity contribution in [1.29, 1.82) is 0 Å². The largest absolute Gasteiger partial charge is 0.481 e. The molecule has 0 bridgehead atoms. The molecule has 2 N–H and O–H groups in total. The van der Waals surface area contributed by atoms with E-state index in [2.05, 4.69) is 15.6 Å². The van der Waals surface area contributed by atoms with Crippen LogP contribution in [0.15, 0.2) is 30.3 Å². The van der Waals surface area contributed by atoms with Crippen molar-refractivity contribution in [3.63, 3.8) is 0 Å². The molecule has 0 unspecified atom stereocenters. The molecule has 2 rings (SSSR count). The molecule has 0 aliphatic rings. The molecule has 116 valence electrons. The van der Waals surface area contributed by atoms with Gasteiger partial charge in [-0.3, -0.25) is 9.59 Å². The Balaban J connectivity index is 2.16. The van der Waals surface area contributed by atoms with Crippen molar-refractivity contribution < 1.29 is 14.7 Å². The van der Waals surface area contributed by atoms with Crippen LogP contribution >= 0.6 is 0 Å². The number of hydrogen-bond donors (Lipinski definition) is 2. The summed E-state index contributed by atoms with van der Waals surface area (Å²) in [6, 6.07) is 9.34. The number of hydrogen-bond acceptors (Lipinski definition) is 4. The number of carbonyl (C=O) groups is 2. The van der Waals surface area contributed by atoms with Gasteiger partial charge in [0, 0.05) is 6.54 Å². The van der Waals surface area contributed by atoms with E-state index in [9.17, 15) is 9.59 Å². The maximum atomic E-state index is 12.2. The normalized spacial score (nSPS) is 11.2. The summed E-state index contributed by atoms with van der Waals surface area (Å²) in [6.07, 6.45) is 0. The number of carbonyl (C=O) groups excluding carboxylic acids is 1. The first kappa shape index (κ1) is 15.7. The third kappa shape index (κ3) is 3.13. The van der Waals surface area contributed by atoms with Gasteiger partial charge in [0.15, 0.2) is 5.69 Å². The fourth-order valence-corrected chi connectivity index (χ4v) is 1.81. The van der Waals surface area contributed by atoms with E-state index in [4.69, 9.17) is 5.11 Å². The lowest BCUT2D eigenvalue weighted by atomic mass is 9.94. The predicted octanol–water partition coefficient (Wildman–Crippen LogP) is 1.42. The van der Waals surface area contributed by atoms with Gasteiger partial charge < -0.3 is 10.4 Å². The third-order valence-electron chi connectivity index (χ3n) is 3.38. The summed E-state index contributed by atoms with van der Waals surface area (Å²) in [7, 11) is 0. The number of carboxylic acids is 1. The van der Waals surface area contributed by atoms with Gasteiger partial charge in [-0.2, -0.15) is 0 Å². The molecule has 1 aromatic carbocycles. The van der Waals surface area contributed by atoms with E-state index < -0.39 is 17.3 Å². The molecule has 0 aliphatic carbocycles. The van der Waals surface area contributed by atoms with Gasteiger partial charge in [0.05, 0.1) is 16.8 Å². The lowest BCUT2D eigenvalue weighted by molar-refractivity contribution is -0.146. The van der Waals surface area contributed by atoms with E-state index in [1.165, 1.54) is 0 Å². The molecule has 1 aromatic heterocycles. The molecule has 0 atom stereocenters. The summed E-state index contributed by atoms with van der Waals surface area (Å²) < 4.78 is 1.57. The Morgan fingerprint density at radius 3 is 2.50 bits per heavy atom. The van der Waals surface area contributed by atoms with Gasteiger partial charge >= 0.3 is 5.97 Å². The minimum absolute atomic E-state index is 0.0127.